The number of nitrogens with two attached hydrogens (primary N) is 2. The Hall–Kier alpha value is -0.721. The van der Waals surface area contributed by atoms with E-state index in [1.54, 1.807) is 0 Å². The second-order valence-electron chi connectivity index (χ2n) is 4.59. The fourth-order valence-corrected chi connectivity index (χ4v) is 1.91. The van der Waals surface area contributed by atoms with Crippen LogP contribution in [-0.4, -0.2) is 90.4 Å². The Morgan fingerprint density at radius 2 is 0.783 bits per heavy atom. The van der Waals surface area contributed by atoms with Gasteiger partial charge in [0.2, 0.25) is 0 Å². The van der Waals surface area contributed by atoms with Gasteiger partial charge in [0, 0.05) is 17.1 Å². The van der Waals surface area contributed by atoms with E-state index in [1.165, 1.54) is 0 Å². The molecule has 0 fully saturated rings. The molecular weight excluding hydrogens is 371 g/mol. The third kappa shape index (κ3) is 9.89. The number of hydrogen-bond donors (Lipinski definition) is 6. The molecule has 11 nitrogen and oxygen atoms in total. The van der Waals surface area contributed by atoms with Crippen LogP contribution in [0.5, 0.6) is 0 Å². The number of rotatable bonds is 9. The first-order valence-electron chi connectivity index (χ1n) is 5.37. The van der Waals surface area contributed by atoms with Gasteiger partial charge < -0.3 is 37.4 Å². The van der Waals surface area contributed by atoms with E-state index in [9.17, 15) is 19.2 Å². The molecule has 13 heteroatoms. The Morgan fingerprint density at radius 1 is 0.652 bits per heavy atom. The van der Waals surface area contributed by atoms with Crippen LogP contribution in [0.15, 0.2) is 0 Å². The topological polar surface area (TPSA) is 233 Å². The van der Waals surface area contributed by atoms with Gasteiger partial charge in [-0.15, -0.1) is 0 Å². The first kappa shape index (κ1) is 30.2. The van der Waals surface area contributed by atoms with Gasteiger partial charge in [0.05, 0.1) is 36.8 Å². The van der Waals surface area contributed by atoms with E-state index < -0.39 is 60.6 Å². The summed E-state index contributed by atoms with van der Waals surface area (Å²) in [6, 6.07) is 0. The van der Waals surface area contributed by atoms with Crippen molar-refractivity contribution in [3.05, 3.63) is 0 Å². The van der Waals surface area contributed by atoms with E-state index in [-0.39, 0.29) is 52.1 Å². The minimum absolute atomic E-state index is 0. The van der Waals surface area contributed by atoms with Gasteiger partial charge in [-0.1, -0.05) is 0 Å². The molecule has 0 amide bonds. The first-order chi connectivity index (χ1) is 8.92. The average Bonchev–Trinajstić information content (AvgIpc) is 2.10. The summed E-state index contributed by atoms with van der Waals surface area (Å²) in [5, 5.41) is 35.1. The summed E-state index contributed by atoms with van der Waals surface area (Å²) in [4.78, 5) is 43.2. The molecule has 23 heavy (non-hydrogen) atoms. The van der Waals surface area contributed by atoms with Gasteiger partial charge in [0.25, 0.3) is 0 Å². The predicted molar refractivity (Wildman–Crippen MR) is 73.6 cm³/mol. The summed E-state index contributed by atoms with van der Waals surface area (Å²) in [6.07, 6.45) is -3.90. The van der Waals surface area contributed by atoms with Crippen LogP contribution in [0.25, 0.3) is 0 Å². The number of hydrogen-bond acceptors (Lipinski definition) is 6. The molecule has 0 heterocycles. The van der Waals surface area contributed by atoms with Gasteiger partial charge in [0.15, 0.2) is 0 Å². The number of carboxylic acids is 4. The molecule has 0 bridgehead atoms. The quantitative estimate of drug-likeness (QED) is 0.216. The Labute approximate surface area is 163 Å². The standard InChI is InChI=1S/C10H16N2O8.Fe.Na.H2O.H/c11-9(1-5(13)14,2-6(15)16)10(12,3-7(17)18)4-8(19)20;;;;/h1-4,11-12H2,(H,13,14)(H,15,16)(H,17,18)(H,19,20);;;1H2;. The van der Waals surface area contributed by atoms with Crippen molar-refractivity contribution in [2.45, 2.75) is 36.8 Å². The summed E-state index contributed by atoms with van der Waals surface area (Å²) in [6.45, 7) is 0. The molecule has 0 aromatic carbocycles. The Kier molecular flexibility index (Phi) is 15.4. The van der Waals surface area contributed by atoms with Crippen LogP contribution >= 0.6 is 0 Å². The first-order valence-corrected chi connectivity index (χ1v) is 5.37. The van der Waals surface area contributed by atoms with Gasteiger partial charge in [-0.3, -0.25) is 19.2 Å². The van der Waals surface area contributed by atoms with Crippen molar-refractivity contribution >= 4 is 53.4 Å². The average molecular weight is 390 g/mol. The zero-order chi connectivity index (χ0) is 16.1. The normalized spacial score (nSPS) is 10.3. The van der Waals surface area contributed by atoms with Gasteiger partial charge in [0.1, 0.15) is 0 Å². The van der Waals surface area contributed by atoms with E-state index in [2.05, 4.69) is 0 Å². The monoisotopic (exact) mass is 390 g/mol. The maximum absolute atomic E-state index is 10.8. The number of aliphatic carboxylic acids is 4. The van der Waals surface area contributed by atoms with Crippen LogP contribution in [0.1, 0.15) is 25.7 Å². The van der Waals surface area contributed by atoms with Crippen molar-refractivity contribution in [1.29, 1.82) is 0 Å². The van der Waals surface area contributed by atoms with Gasteiger partial charge >= 0.3 is 53.4 Å². The SMILES string of the molecule is NC(CC(=O)O)(CC(=O)O)C(N)(CC(=O)O)CC(=O)O.O.[Fe].[NaH]. The molecular formula is C10H19FeN2NaO9. The third-order valence-corrected chi connectivity index (χ3v) is 2.86. The Bertz CT molecular complexity index is 374. The van der Waals surface area contributed by atoms with Crippen molar-refractivity contribution in [2.24, 2.45) is 11.5 Å². The molecule has 10 N–H and O–H groups in total. The molecule has 0 aromatic rings. The summed E-state index contributed by atoms with van der Waals surface area (Å²) in [5.41, 5.74) is 6.88. The molecule has 0 unspecified atom stereocenters. The van der Waals surface area contributed by atoms with E-state index in [1.807, 2.05) is 0 Å². The van der Waals surface area contributed by atoms with Crippen molar-refractivity contribution in [3.63, 3.8) is 0 Å². The summed E-state index contributed by atoms with van der Waals surface area (Å²) in [7, 11) is 0. The van der Waals surface area contributed by atoms with Crippen molar-refractivity contribution in [1.82, 2.24) is 0 Å². The van der Waals surface area contributed by atoms with E-state index in [4.69, 9.17) is 31.9 Å². The maximum atomic E-state index is 10.8. The molecule has 0 spiro atoms. The fourth-order valence-electron chi connectivity index (χ4n) is 1.91. The Balaban J connectivity index is -0.000000602. The van der Waals surface area contributed by atoms with E-state index in [0.717, 1.165) is 0 Å². The van der Waals surface area contributed by atoms with Crippen LogP contribution < -0.4 is 11.5 Å². The van der Waals surface area contributed by atoms with Gasteiger partial charge in [-0.05, 0) is 0 Å². The van der Waals surface area contributed by atoms with Gasteiger partial charge in [-0.25, -0.2) is 0 Å². The molecule has 0 saturated heterocycles. The molecule has 0 rings (SSSR count). The molecule has 0 atom stereocenters. The van der Waals surface area contributed by atoms with Crippen molar-refractivity contribution in [2.75, 3.05) is 0 Å². The molecule has 0 aliphatic carbocycles. The fraction of sp³-hybridized carbons (Fsp3) is 0.600. The van der Waals surface area contributed by atoms with Crippen LogP contribution in [0.4, 0.5) is 0 Å². The van der Waals surface area contributed by atoms with Crippen molar-refractivity contribution in [3.8, 4) is 0 Å². The molecule has 0 aromatic heterocycles. The summed E-state index contributed by atoms with van der Waals surface area (Å²) in [5.74, 6) is -6.06. The zero-order valence-electron chi connectivity index (χ0n) is 11.3. The number of carbonyl (C=O) groups is 4. The molecule has 0 aliphatic rings. The number of carboxylic acid groups (broad SMARTS) is 4. The second-order valence-corrected chi connectivity index (χ2v) is 4.59. The van der Waals surface area contributed by atoms with Gasteiger partial charge in [-0.2, -0.15) is 0 Å². The van der Waals surface area contributed by atoms with Crippen molar-refractivity contribution < 1.29 is 62.1 Å². The van der Waals surface area contributed by atoms with Crippen LogP contribution in [0.2, 0.25) is 0 Å². The summed E-state index contributed by atoms with van der Waals surface area (Å²) >= 11 is 0. The third-order valence-electron chi connectivity index (χ3n) is 2.86. The predicted octanol–water partition coefficient (Wildman–Crippen LogP) is -3.20. The van der Waals surface area contributed by atoms with Crippen LogP contribution in [-0.2, 0) is 36.2 Å². The van der Waals surface area contributed by atoms with E-state index in [0.29, 0.717) is 0 Å². The Morgan fingerprint density at radius 3 is 0.870 bits per heavy atom. The zero-order valence-corrected chi connectivity index (χ0v) is 12.4. The summed E-state index contributed by atoms with van der Waals surface area (Å²) < 4.78 is 0. The van der Waals surface area contributed by atoms with Crippen LogP contribution in [0.3, 0.4) is 0 Å². The molecule has 0 saturated carbocycles. The molecule has 132 valence electrons. The molecule has 0 aliphatic heterocycles. The van der Waals surface area contributed by atoms with Crippen LogP contribution in [0, 0.1) is 0 Å². The molecule has 0 radical (unpaired) electrons. The minimum atomic E-state index is -2.22. The second kappa shape index (κ2) is 11.8. The van der Waals surface area contributed by atoms with E-state index >= 15 is 0 Å².